The van der Waals surface area contributed by atoms with Crippen molar-refractivity contribution in [3.63, 3.8) is 0 Å². The Morgan fingerprint density at radius 2 is 2.30 bits per heavy atom. The Labute approximate surface area is 116 Å². The minimum absolute atomic E-state index is 0.214. The molecule has 1 aromatic heterocycles. The summed E-state index contributed by atoms with van der Waals surface area (Å²) in [5.74, 6) is 1.35. The fraction of sp³-hybridized carbons (Fsp3) is 0.200. The van der Waals surface area contributed by atoms with Crippen LogP contribution in [-0.4, -0.2) is 23.0 Å². The lowest BCUT2D eigenvalue weighted by atomic mass is 9.96. The lowest BCUT2D eigenvalue weighted by Gasteiger charge is -2.27. The summed E-state index contributed by atoms with van der Waals surface area (Å²) in [5, 5.41) is 12.6. The first kappa shape index (κ1) is 12.5. The average molecular weight is 270 g/mol. The molecule has 0 radical (unpaired) electrons. The van der Waals surface area contributed by atoms with Gasteiger partial charge in [-0.2, -0.15) is 0 Å². The van der Waals surface area contributed by atoms with Crippen molar-refractivity contribution in [1.82, 2.24) is 4.98 Å². The van der Waals surface area contributed by atoms with Crippen LogP contribution in [0, 0.1) is 0 Å². The molecule has 0 spiro atoms. The largest absolute Gasteiger partial charge is 0.497 e. The lowest BCUT2D eigenvalue weighted by molar-refractivity contribution is 0.201. The number of methoxy groups -OCH3 is 1. The second kappa shape index (κ2) is 5.21. The molecule has 5 nitrogen and oxygen atoms in total. The van der Waals surface area contributed by atoms with Crippen molar-refractivity contribution in [1.29, 1.82) is 0 Å². The first-order valence-electron chi connectivity index (χ1n) is 6.27. The van der Waals surface area contributed by atoms with Crippen LogP contribution in [0.4, 0.5) is 0 Å². The van der Waals surface area contributed by atoms with Crippen LogP contribution in [0.2, 0.25) is 0 Å². The normalized spacial score (nSPS) is 19.2. The van der Waals surface area contributed by atoms with Crippen molar-refractivity contribution in [2.24, 2.45) is 5.16 Å². The molecule has 0 saturated heterocycles. The molecule has 102 valence electrons. The van der Waals surface area contributed by atoms with E-state index in [1.165, 1.54) is 0 Å². The molecule has 3 rings (SSSR count). The van der Waals surface area contributed by atoms with Crippen molar-refractivity contribution in [3.8, 4) is 11.5 Å². The van der Waals surface area contributed by atoms with Gasteiger partial charge in [0, 0.05) is 36.0 Å². The highest BCUT2D eigenvalue weighted by Crippen LogP contribution is 2.37. The van der Waals surface area contributed by atoms with Crippen LogP contribution in [0.15, 0.2) is 47.9 Å². The van der Waals surface area contributed by atoms with Gasteiger partial charge in [-0.15, -0.1) is 0 Å². The predicted octanol–water partition coefficient (Wildman–Crippen LogP) is 2.79. The van der Waals surface area contributed by atoms with E-state index in [4.69, 9.17) is 9.47 Å². The summed E-state index contributed by atoms with van der Waals surface area (Å²) < 4.78 is 11.2. The Balaban J connectivity index is 2.01. The SMILES string of the molecule is COc1ccc2c(c1)O[C@@H](c1cccnc1)C/C2=N/O. The smallest absolute Gasteiger partial charge is 0.133 e. The first-order chi connectivity index (χ1) is 9.81. The van der Waals surface area contributed by atoms with Crippen molar-refractivity contribution in [3.05, 3.63) is 53.9 Å². The molecule has 0 aliphatic carbocycles. The summed E-state index contributed by atoms with van der Waals surface area (Å²) in [6.45, 7) is 0. The van der Waals surface area contributed by atoms with Gasteiger partial charge in [0.2, 0.25) is 0 Å². The molecular formula is C15H14N2O3. The highest BCUT2D eigenvalue weighted by molar-refractivity contribution is 6.03. The van der Waals surface area contributed by atoms with Crippen LogP contribution in [-0.2, 0) is 0 Å². The van der Waals surface area contributed by atoms with Crippen LogP contribution in [0.3, 0.4) is 0 Å². The quantitative estimate of drug-likeness (QED) is 0.673. The number of ether oxygens (including phenoxy) is 2. The summed E-state index contributed by atoms with van der Waals surface area (Å²) >= 11 is 0. The van der Waals surface area contributed by atoms with Crippen molar-refractivity contribution in [2.75, 3.05) is 7.11 Å². The van der Waals surface area contributed by atoms with E-state index in [2.05, 4.69) is 10.1 Å². The zero-order chi connectivity index (χ0) is 13.9. The Kier molecular flexibility index (Phi) is 3.25. The van der Waals surface area contributed by atoms with Crippen LogP contribution in [0.25, 0.3) is 0 Å². The van der Waals surface area contributed by atoms with E-state index < -0.39 is 0 Å². The summed E-state index contributed by atoms with van der Waals surface area (Å²) in [6, 6.07) is 9.25. The number of oxime groups is 1. The molecule has 20 heavy (non-hydrogen) atoms. The van der Waals surface area contributed by atoms with Gasteiger partial charge >= 0.3 is 0 Å². The molecule has 0 fully saturated rings. The topological polar surface area (TPSA) is 63.9 Å². The average Bonchev–Trinajstić information content (AvgIpc) is 2.54. The van der Waals surface area contributed by atoms with Gasteiger partial charge in [0.1, 0.15) is 17.6 Å². The molecule has 1 aromatic carbocycles. The Morgan fingerprint density at radius 3 is 3.00 bits per heavy atom. The molecular weight excluding hydrogens is 256 g/mol. The van der Waals surface area contributed by atoms with Crippen molar-refractivity contribution in [2.45, 2.75) is 12.5 Å². The Morgan fingerprint density at radius 1 is 1.40 bits per heavy atom. The second-order valence-electron chi connectivity index (χ2n) is 4.51. The summed E-state index contributed by atoms with van der Waals surface area (Å²) in [6.07, 6.45) is 3.76. The molecule has 2 aromatic rings. The van der Waals surface area contributed by atoms with Gasteiger partial charge in [0.05, 0.1) is 12.8 Å². The van der Waals surface area contributed by atoms with Crippen molar-refractivity contribution >= 4 is 5.71 Å². The fourth-order valence-electron chi connectivity index (χ4n) is 2.29. The number of pyridine rings is 1. The van der Waals surface area contributed by atoms with Crippen LogP contribution in [0.5, 0.6) is 11.5 Å². The third-order valence-corrected chi connectivity index (χ3v) is 3.32. The van der Waals surface area contributed by atoms with E-state index in [0.717, 1.165) is 11.1 Å². The number of fused-ring (bicyclic) bond motifs is 1. The standard InChI is InChI=1S/C15H14N2O3/c1-19-11-4-5-12-13(17-18)8-14(20-15(12)7-11)10-3-2-6-16-9-10/h2-7,9,14,18H,8H2,1H3/b17-13-/t14-/m1/s1. The van der Waals surface area contributed by atoms with Crippen LogP contribution >= 0.6 is 0 Å². The van der Waals surface area contributed by atoms with Gasteiger partial charge in [-0.1, -0.05) is 11.2 Å². The summed E-state index contributed by atoms with van der Waals surface area (Å²) in [5.41, 5.74) is 2.33. The van der Waals surface area contributed by atoms with E-state index in [1.807, 2.05) is 24.3 Å². The van der Waals surface area contributed by atoms with Gasteiger partial charge in [0.25, 0.3) is 0 Å². The van der Waals surface area contributed by atoms with E-state index in [-0.39, 0.29) is 6.10 Å². The number of benzene rings is 1. The minimum Gasteiger partial charge on any atom is -0.497 e. The molecule has 0 amide bonds. The Bertz CT molecular complexity index is 641. The molecule has 1 aliphatic rings. The number of hydrogen-bond donors (Lipinski definition) is 1. The highest BCUT2D eigenvalue weighted by Gasteiger charge is 2.27. The summed E-state index contributed by atoms with van der Waals surface area (Å²) in [4.78, 5) is 4.09. The second-order valence-corrected chi connectivity index (χ2v) is 4.51. The molecule has 1 aliphatic heterocycles. The van der Waals surface area contributed by atoms with E-state index in [9.17, 15) is 5.21 Å². The number of nitrogens with zero attached hydrogens (tertiary/aromatic N) is 2. The Hall–Kier alpha value is -2.56. The molecule has 5 heteroatoms. The fourth-order valence-corrected chi connectivity index (χ4v) is 2.29. The molecule has 1 atom stereocenters. The number of aromatic nitrogens is 1. The van der Waals surface area contributed by atoms with E-state index in [0.29, 0.717) is 23.6 Å². The number of rotatable bonds is 2. The zero-order valence-corrected chi connectivity index (χ0v) is 11.0. The van der Waals surface area contributed by atoms with Gasteiger partial charge in [-0.05, 0) is 18.2 Å². The third-order valence-electron chi connectivity index (χ3n) is 3.32. The molecule has 0 unspecified atom stereocenters. The van der Waals surface area contributed by atoms with Crippen LogP contribution < -0.4 is 9.47 Å². The van der Waals surface area contributed by atoms with Crippen molar-refractivity contribution < 1.29 is 14.7 Å². The van der Waals surface area contributed by atoms with Gasteiger partial charge in [0.15, 0.2) is 0 Å². The van der Waals surface area contributed by atoms with Gasteiger partial charge in [-0.3, -0.25) is 4.98 Å². The van der Waals surface area contributed by atoms with E-state index in [1.54, 1.807) is 25.6 Å². The molecule has 2 heterocycles. The van der Waals surface area contributed by atoms with E-state index >= 15 is 0 Å². The molecule has 0 saturated carbocycles. The van der Waals surface area contributed by atoms with Crippen LogP contribution in [0.1, 0.15) is 23.7 Å². The predicted molar refractivity (Wildman–Crippen MR) is 73.5 cm³/mol. The minimum atomic E-state index is -0.214. The molecule has 1 N–H and O–H groups in total. The van der Waals surface area contributed by atoms with Gasteiger partial charge < -0.3 is 14.7 Å². The monoisotopic (exact) mass is 270 g/mol. The maximum absolute atomic E-state index is 9.21. The highest BCUT2D eigenvalue weighted by atomic mass is 16.5. The summed E-state index contributed by atoms with van der Waals surface area (Å²) in [7, 11) is 1.60. The lowest BCUT2D eigenvalue weighted by Crippen LogP contribution is -2.21. The maximum atomic E-state index is 9.21. The third kappa shape index (κ3) is 2.18. The molecule has 0 bridgehead atoms. The maximum Gasteiger partial charge on any atom is 0.133 e. The first-order valence-corrected chi connectivity index (χ1v) is 6.27. The van der Waals surface area contributed by atoms with Gasteiger partial charge in [-0.25, -0.2) is 0 Å². The number of hydrogen-bond acceptors (Lipinski definition) is 5. The zero-order valence-electron chi connectivity index (χ0n) is 11.0.